The summed E-state index contributed by atoms with van der Waals surface area (Å²) in [5.74, 6) is 0.277. The van der Waals surface area contributed by atoms with Gasteiger partial charge in [-0.1, -0.05) is 24.3 Å². The standard InChI is InChI=1S/C19H24N6O5/c1-9-4-2-3-5-10(9)11(27)6-21-19-23-16(20)13-17(24-19)25(8-22-13)18-15(29)14(28)12(7-26)30-18/h2-5,8,11-12,14-15,18,26-29H,6-7H2,1H3,(H3,20,21,23,24)/t11?,12-,14?,15?,18-/m1/s1. The summed E-state index contributed by atoms with van der Waals surface area (Å²) in [4.78, 5) is 12.7. The van der Waals surface area contributed by atoms with Crippen LogP contribution in [0.1, 0.15) is 23.5 Å². The van der Waals surface area contributed by atoms with Crippen molar-refractivity contribution in [2.45, 2.75) is 37.6 Å². The van der Waals surface area contributed by atoms with E-state index >= 15 is 0 Å². The maximum absolute atomic E-state index is 10.5. The quantitative estimate of drug-likeness (QED) is 0.307. The highest BCUT2D eigenvalue weighted by Crippen LogP contribution is 2.32. The van der Waals surface area contributed by atoms with Crippen molar-refractivity contribution in [2.75, 3.05) is 24.2 Å². The summed E-state index contributed by atoms with van der Waals surface area (Å²) in [5, 5.41) is 43.1. The molecule has 1 aliphatic heterocycles. The van der Waals surface area contributed by atoms with Crippen molar-refractivity contribution in [1.29, 1.82) is 0 Å². The van der Waals surface area contributed by atoms with E-state index in [9.17, 15) is 20.4 Å². The molecule has 3 unspecified atom stereocenters. The molecule has 0 aliphatic carbocycles. The van der Waals surface area contributed by atoms with Crippen LogP contribution in [0.5, 0.6) is 0 Å². The second-order valence-electron chi connectivity index (χ2n) is 7.24. The summed E-state index contributed by atoms with van der Waals surface area (Å²) in [5.41, 5.74) is 8.34. The van der Waals surface area contributed by atoms with Gasteiger partial charge in [0.2, 0.25) is 5.95 Å². The summed E-state index contributed by atoms with van der Waals surface area (Å²) in [6.07, 6.45) is -3.86. The molecule has 11 nitrogen and oxygen atoms in total. The number of anilines is 2. The molecule has 1 saturated heterocycles. The molecule has 11 heteroatoms. The summed E-state index contributed by atoms with van der Waals surface area (Å²) in [6, 6.07) is 7.51. The average Bonchev–Trinajstić information content (AvgIpc) is 3.28. The molecular formula is C19H24N6O5. The molecule has 30 heavy (non-hydrogen) atoms. The van der Waals surface area contributed by atoms with Crippen LogP contribution in [0.2, 0.25) is 0 Å². The maximum atomic E-state index is 10.5. The van der Waals surface area contributed by atoms with Gasteiger partial charge in [0.25, 0.3) is 0 Å². The molecule has 1 aromatic carbocycles. The fourth-order valence-electron chi connectivity index (χ4n) is 3.57. The zero-order valence-electron chi connectivity index (χ0n) is 16.3. The molecule has 0 radical (unpaired) electrons. The Bertz CT molecular complexity index is 1040. The molecule has 7 N–H and O–H groups in total. The molecule has 0 amide bonds. The second kappa shape index (κ2) is 8.13. The van der Waals surface area contributed by atoms with E-state index < -0.39 is 37.3 Å². The van der Waals surface area contributed by atoms with Gasteiger partial charge in [0, 0.05) is 6.54 Å². The number of aliphatic hydroxyl groups is 4. The third-order valence-electron chi connectivity index (χ3n) is 5.24. The Balaban J connectivity index is 1.59. The lowest BCUT2D eigenvalue weighted by Crippen LogP contribution is -2.33. The van der Waals surface area contributed by atoms with Crippen LogP contribution in [-0.2, 0) is 4.74 Å². The van der Waals surface area contributed by atoms with Crippen molar-refractivity contribution in [3.05, 3.63) is 41.7 Å². The Kier molecular flexibility index (Phi) is 5.54. The van der Waals surface area contributed by atoms with Crippen LogP contribution in [0, 0.1) is 6.92 Å². The van der Waals surface area contributed by atoms with Crippen molar-refractivity contribution in [3.63, 3.8) is 0 Å². The maximum Gasteiger partial charge on any atom is 0.226 e. The van der Waals surface area contributed by atoms with Crippen molar-refractivity contribution >= 4 is 22.9 Å². The van der Waals surface area contributed by atoms with E-state index in [1.54, 1.807) is 0 Å². The Morgan fingerprint density at radius 1 is 1.23 bits per heavy atom. The first-order chi connectivity index (χ1) is 14.4. The number of rotatable bonds is 6. The van der Waals surface area contributed by atoms with Gasteiger partial charge in [-0.3, -0.25) is 4.57 Å². The molecule has 0 saturated carbocycles. The molecule has 160 valence electrons. The van der Waals surface area contributed by atoms with E-state index in [1.807, 2.05) is 31.2 Å². The SMILES string of the molecule is Cc1ccccc1C(O)CNc1nc(N)c2ncn([C@@H]3O[C@H](CO)C(O)C3O)c2n1. The third-order valence-corrected chi connectivity index (χ3v) is 5.24. The van der Waals surface area contributed by atoms with Gasteiger partial charge in [-0.25, -0.2) is 4.98 Å². The Morgan fingerprint density at radius 3 is 2.70 bits per heavy atom. The molecule has 3 heterocycles. The highest BCUT2D eigenvalue weighted by Gasteiger charge is 2.44. The van der Waals surface area contributed by atoms with E-state index in [0.29, 0.717) is 5.52 Å². The topological polar surface area (TPSA) is 172 Å². The number of aliphatic hydroxyl groups excluding tert-OH is 4. The first kappa shape index (κ1) is 20.4. The molecule has 1 aliphatic rings. The number of fused-ring (bicyclic) bond motifs is 1. The monoisotopic (exact) mass is 416 g/mol. The Labute approximate surface area is 171 Å². The predicted octanol–water partition coefficient (Wildman–Crippen LogP) is -0.526. The smallest absolute Gasteiger partial charge is 0.226 e. The summed E-state index contributed by atoms with van der Waals surface area (Å²) < 4.78 is 6.98. The van der Waals surface area contributed by atoms with Crippen molar-refractivity contribution in [2.24, 2.45) is 0 Å². The lowest BCUT2D eigenvalue weighted by Gasteiger charge is -2.17. The highest BCUT2D eigenvalue weighted by molar-refractivity contribution is 5.83. The van der Waals surface area contributed by atoms with E-state index in [0.717, 1.165) is 11.1 Å². The molecule has 0 bridgehead atoms. The second-order valence-corrected chi connectivity index (χ2v) is 7.24. The van der Waals surface area contributed by atoms with Crippen LogP contribution in [-0.4, -0.2) is 71.4 Å². The van der Waals surface area contributed by atoms with Gasteiger partial charge in [0.05, 0.1) is 19.0 Å². The van der Waals surface area contributed by atoms with E-state index in [-0.39, 0.29) is 24.0 Å². The van der Waals surface area contributed by atoms with Gasteiger partial charge >= 0.3 is 0 Å². The molecule has 3 aromatic rings. The number of ether oxygens (including phenoxy) is 1. The van der Waals surface area contributed by atoms with Crippen LogP contribution in [0.15, 0.2) is 30.6 Å². The van der Waals surface area contributed by atoms with Crippen LogP contribution in [0.4, 0.5) is 11.8 Å². The number of nitrogen functional groups attached to an aromatic ring is 1. The largest absolute Gasteiger partial charge is 0.394 e. The Morgan fingerprint density at radius 2 is 2.00 bits per heavy atom. The Hall–Kier alpha value is -2.83. The predicted molar refractivity (Wildman–Crippen MR) is 107 cm³/mol. The van der Waals surface area contributed by atoms with Crippen LogP contribution >= 0.6 is 0 Å². The first-order valence-electron chi connectivity index (χ1n) is 9.50. The minimum Gasteiger partial charge on any atom is -0.394 e. The minimum atomic E-state index is -1.28. The molecule has 1 fully saturated rings. The van der Waals surface area contributed by atoms with E-state index in [1.165, 1.54) is 10.9 Å². The fourth-order valence-corrected chi connectivity index (χ4v) is 3.57. The van der Waals surface area contributed by atoms with Gasteiger partial charge in [-0.2, -0.15) is 9.97 Å². The number of aromatic nitrogens is 4. The first-order valence-corrected chi connectivity index (χ1v) is 9.50. The summed E-state index contributed by atoms with van der Waals surface area (Å²) >= 11 is 0. The van der Waals surface area contributed by atoms with Crippen molar-refractivity contribution < 1.29 is 25.2 Å². The lowest BCUT2D eigenvalue weighted by atomic mass is 10.0. The zero-order chi connectivity index (χ0) is 21.4. The molecule has 2 aromatic heterocycles. The van der Waals surface area contributed by atoms with Crippen LogP contribution < -0.4 is 11.1 Å². The van der Waals surface area contributed by atoms with E-state index in [2.05, 4.69) is 20.3 Å². The number of nitrogens with one attached hydrogen (secondary N) is 1. The molecule has 0 spiro atoms. The number of hydrogen-bond acceptors (Lipinski definition) is 10. The molecule has 5 atom stereocenters. The van der Waals surface area contributed by atoms with Gasteiger partial charge < -0.3 is 36.2 Å². The summed E-state index contributed by atoms with van der Waals surface area (Å²) in [7, 11) is 0. The number of imidazole rings is 1. The number of benzene rings is 1. The van der Waals surface area contributed by atoms with Crippen molar-refractivity contribution in [3.8, 4) is 0 Å². The van der Waals surface area contributed by atoms with E-state index in [4.69, 9.17) is 10.5 Å². The minimum absolute atomic E-state index is 0.110. The third kappa shape index (κ3) is 3.57. The fraction of sp³-hybridized carbons (Fsp3) is 0.421. The van der Waals surface area contributed by atoms with Gasteiger partial charge in [0.1, 0.15) is 23.8 Å². The van der Waals surface area contributed by atoms with Crippen LogP contribution in [0.3, 0.4) is 0 Å². The highest BCUT2D eigenvalue weighted by atomic mass is 16.6. The number of hydrogen-bond donors (Lipinski definition) is 6. The van der Waals surface area contributed by atoms with Gasteiger partial charge in [0.15, 0.2) is 17.7 Å². The lowest BCUT2D eigenvalue weighted by molar-refractivity contribution is -0.0511. The summed E-state index contributed by atoms with van der Waals surface area (Å²) in [6.45, 7) is 1.62. The molecule has 4 rings (SSSR count). The van der Waals surface area contributed by atoms with Crippen molar-refractivity contribution in [1.82, 2.24) is 19.5 Å². The van der Waals surface area contributed by atoms with Crippen LogP contribution in [0.25, 0.3) is 11.2 Å². The number of nitrogens with zero attached hydrogens (tertiary/aromatic N) is 4. The van der Waals surface area contributed by atoms with Gasteiger partial charge in [-0.05, 0) is 18.1 Å². The van der Waals surface area contributed by atoms with Gasteiger partial charge in [-0.15, -0.1) is 0 Å². The average molecular weight is 416 g/mol. The number of nitrogens with two attached hydrogens (primary N) is 1. The molecular weight excluding hydrogens is 392 g/mol. The normalized spacial score (nSPS) is 25.0. The number of aryl methyl sites for hydroxylation is 1. The zero-order valence-corrected chi connectivity index (χ0v) is 16.3.